The van der Waals surface area contributed by atoms with Crippen LogP contribution in [0.2, 0.25) is 0 Å². The van der Waals surface area contributed by atoms with Crippen molar-refractivity contribution in [3.05, 3.63) is 29.8 Å². The predicted molar refractivity (Wildman–Crippen MR) is 90.1 cm³/mol. The first-order valence-corrected chi connectivity index (χ1v) is 9.87. The first-order chi connectivity index (χ1) is 10.8. The Morgan fingerprint density at radius 1 is 1.30 bits per heavy atom. The van der Waals surface area contributed by atoms with Crippen LogP contribution < -0.4 is 4.74 Å². The van der Waals surface area contributed by atoms with Gasteiger partial charge in [-0.05, 0) is 31.0 Å². The first kappa shape index (κ1) is 17.8. The maximum absolute atomic E-state index is 12.5. The SMILES string of the molecule is CCOc1ccc(CN(C(=O)C(C)C)C2CCS(=O)(=O)C2)cc1. The van der Waals surface area contributed by atoms with E-state index in [-0.39, 0.29) is 29.4 Å². The molecule has 0 aliphatic carbocycles. The van der Waals surface area contributed by atoms with Crippen molar-refractivity contribution in [3.8, 4) is 5.75 Å². The van der Waals surface area contributed by atoms with Gasteiger partial charge in [0.1, 0.15) is 5.75 Å². The molecule has 0 saturated carbocycles. The maximum atomic E-state index is 12.5. The van der Waals surface area contributed by atoms with Crippen molar-refractivity contribution in [2.24, 2.45) is 5.92 Å². The van der Waals surface area contributed by atoms with Crippen LogP contribution in [0.5, 0.6) is 5.75 Å². The van der Waals surface area contributed by atoms with Gasteiger partial charge in [-0.2, -0.15) is 0 Å². The van der Waals surface area contributed by atoms with Gasteiger partial charge >= 0.3 is 0 Å². The Labute approximate surface area is 138 Å². The molecule has 0 spiro atoms. The van der Waals surface area contributed by atoms with E-state index in [0.29, 0.717) is 19.6 Å². The van der Waals surface area contributed by atoms with E-state index < -0.39 is 9.84 Å². The van der Waals surface area contributed by atoms with Crippen LogP contribution in [0.4, 0.5) is 0 Å². The van der Waals surface area contributed by atoms with E-state index in [1.165, 1.54) is 0 Å². The number of benzene rings is 1. The van der Waals surface area contributed by atoms with Crippen LogP contribution in [0, 0.1) is 5.92 Å². The Morgan fingerprint density at radius 3 is 2.43 bits per heavy atom. The third-order valence-corrected chi connectivity index (χ3v) is 5.76. The fourth-order valence-electron chi connectivity index (χ4n) is 2.79. The van der Waals surface area contributed by atoms with Gasteiger partial charge in [0.05, 0.1) is 18.1 Å². The van der Waals surface area contributed by atoms with Crippen molar-refractivity contribution in [2.75, 3.05) is 18.1 Å². The van der Waals surface area contributed by atoms with Gasteiger partial charge in [0.2, 0.25) is 5.91 Å². The van der Waals surface area contributed by atoms with Crippen molar-refractivity contribution in [1.29, 1.82) is 0 Å². The topological polar surface area (TPSA) is 63.7 Å². The molecule has 128 valence electrons. The summed E-state index contributed by atoms with van der Waals surface area (Å²) in [6.07, 6.45) is 0.526. The number of rotatable bonds is 6. The van der Waals surface area contributed by atoms with Crippen molar-refractivity contribution < 1.29 is 17.9 Å². The van der Waals surface area contributed by atoms with Gasteiger partial charge in [0, 0.05) is 18.5 Å². The molecule has 0 N–H and O–H groups in total. The fraction of sp³-hybridized carbons (Fsp3) is 0.588. The van der Waals surface area contributed by atoms with Gasteiger partial charge in [-0.15, -0.1) is 0 Å². The number of ether oxygens (including phenoxy) is 1. The van der Waals surface area contributed by atoms with Crippen LogP contribution in [-0.4, -0.2) is 43.4 Å². The molecule has 1 aromatic carbocycles. The highest BCUT2D eigenvalue weighted by Gasteiger charge is 2.35. The Morgan fingerprint density at radius 2 is 1.96 bits per heavy atom. The lowest BCUT2D eigenvalue weighted by molar-refractivity contribution is -0.137. The number of carbonyl (C=O) groups excluding carboxylic acids is 1. The van der Waals surface area contributed by atoms with Gasteiger partial charge in [-0.25, -0.2) is 8.42 Å². The van der Waals surface area contributed by atoms with Crippen LogP contribution >= 0.6 is 0 Å². The molecule has 1 saturated heterocycles. The third-order valence-electron chi connectivity index (χ3n) is 4.01. The summed E-state index contributed by atoms with van der Waals surface area (Å²) < 4.78 is 28.9. The Kier molecular flexibility index (Phi) is 5.68. The van der Waals surface area contributed by atoms with Crippen LogP contribution in [0.3, 0.4) is 0 Å². The number of hydrogen-bond donors (Lipinski definition) is 0. The summed E-state index contributed by atoms with van der Waals surface area (Å²) in [7, 11) is -3.02. The van der Waals surface area contributed by atoms with Crippen LogP contribution in [0.15, 0.2) is 24.3 Å². The summed E-state index contributed by atoms with van der Waals surface area (Å²) >= 11 is 0. The summed E-state index contributed by atoms with van der Waals surface area (Å²) in [5.41, 5.74) is 0.978. The van der Waals surface area contributed by atoms with Crippen LogP contribution in [-0.2, 0) is 21.2 Å². The molecular weight excluding hydrogens is 314 g/mol. The summed E-state index contributed by atoms with van der Waals surface area (Å²) in [4.78, 5) is 14.2. The Balaban J connectivity index is 2.16. The van der Waals surface area contributed by atoms with E-state index in [9.17, 15) is 13.2 Å². The smallest absolute Gasteiger partial charge is 0.225 e. The highest BCUT2D eigenvalue weighted by Crippen LogP contribution is 2.23. The lowest BCUT2D eigenvalue weighted by Gasteiger charge is -2.30. The molecule has 1 unspecified atom stereocenters. The van der Waals surface area contributed by atoms with Gasteiger partial charge < -0.3 is 9.64 Å². The van der Waals surface area contributed by atoms with E-state index in [2.05, 4.69) is 0 Å². The van der Waals surface area contributed by atoms with E-state index in [1.807, 2.05) is 45.0 Å². The van der Waals surface area contributed by atoms with Crippen LogP contribution in [0.25, 0.3) is 0 Å². The van der Waals surface area contributed by atoms with Crippen molar-refractivity contribution in [2.45, 2.75) is 39.8 Å². The number of carbonyl (C=O) groups is 1. The fourth-order valence-corrected chi connectivity index (χ4v) is 4.52. The lowest BCUT2D eigenvalue weighted by Crippen LogP contribution is -2.42. The summed E-state index contributed by atoms with van der Waals surface area (Å²) in [6.45, 7) is 6.66. The van der Waals surface area contributed by atoms with Gasteiger partial charge in [-0.1, -0.05) is 26.0 Å². The highest BCUT2D eigenvalue weighted by atomic mass is 32.2. The van der Waals surface area contributed by atoms with Gasteiger partial charge in [-0.3, -0.25) is 4.79 Å². The molecule has 1 aliphatic rings. The largest absolute Gasteiger partial charge is 0.494 e. The molecule has 1 atom stereocenters. The number of sulfone groups is 1. The minimum absolute atomic E-state index is 0.000912. The summed E-state index contributed by atoms with van der Waals surface area (Å²) in [5.74, 6) is 0.883. The average molecular weight is 339 g/mol. The predicted octanol–water partition coefficient (Wildman–Crippen LogP) is 2.26. The third kappa shape index (κ3) is 4.70. The quantitative estimate of drug-likeness (QED) is 0.797. The molecule has 23 heavy (non-hydrogen) atoms. The number of nitrogens with zero attached hydrogens (tertiary/aromatic N) is 1. The van der Waals surface area contributed by atoms with Gasteiger partial charge in [0.25, 0.3) is 0 Å². The van der Waals surface area contributed by atoms with Crippen LogP contribution in [0.1, 0.15) is 32.8 Å². The average Bonchev–Trinajstić information content (AvgIpc) is 2.86. The van der Waals surface area contributed by atoms with E-state index in [1.54, 1.807) is 4.90 Å². The second-order valence-corrected chi connectivity index (χ2v) is 8.48. The standard InChI is InChI=1S/C17H25NO4S/c1-4-22-16-7-5-14(6-8-16)11-18(17(19)13(2)3)15-9-10-23(20,21)12-15/h5-8,13,15H,4,9-12H2,1-3H3. The first-order valence-electron chi connectivity index (χ1n) is 8.05. The molecule has 6 heteroatoms. The Hall–Kier alpha value is -1.56. The molecule has 1 aromatic rings. The molecular formula is C17H25NO4S. The van der Waals surface area contributed by atoms with Crippen molar-refractivity contribution >= 4 is 15.7 Å². The van der Waals surface area contributed by atoms with Gasteiger partial charge in [0.15, 0.2) is 9.84 Å². The molecule has 1 amide bonds. The monoisotopic (exact) mass is 339 g/mol. The second kappa shape index (κ2) is 7.34. The van der Waals surface area contributed by atoms with E-state index >= 15 is 0 Å². The number of amides is 1. The molecule has 0 radical (unpaired) electrons. The minimum atomic E-state index is -3.02. The second-order valence-electron chi connectivity index (χ2n) is 6.25. The molecule has 1 heterocycles. The zero-order valence-corrected chi connectivity index (χ0v) is 14.8. The summed E-state index contributed by atoms with van der Waals surface area (Å²) in [5, 5.41) is 0. The van der Waals surface area contributed by atoms with Crippen molar-refractivity contribution in [3.63, 3.8) is 0 Å². The Bertz CT molecular complexity index is 637. The zero-order chi connectivity index (χ0) is 17.0. The molecule has 1 fully saturated rings. The number of hydrogen-bond acceptors (Lipinski definition) is 4. The van der Waals surface area contributed by atoms with Crippen molar-refractivity contribution in [1.82, 2.24) is 4.90 Å². The van der Waals surface area contributed by atoms with E-state index in [4.69, 9.17) is 4.74 Å². The molecule has 0 aromatic heterocycles. The summed E-state index contributed by atoms with van der Waals surface area (Å²) in [6, 6.07) is 7.38. The minimum Gasteiger partial charge on any atom is -0.494 e. The van der Waals surface area contributed by atoms with E-state index in [0.717, 1.165) is 11.3 Å². The molecule has 1 aliphatic heterocycles. The maximum Gasteiger partial charge on any atom is 0.225 e. The molecule has 0 bridgehead atoms. The molecule has 2 rings (SSSR count). The molecule has 5 nitrogen and oxygen atoms in total. The normalized spacial score (nSPS) is 19.7. The lowest BCUT2D eigenvalue weighted by atomic mass is 10.1. The zero-order valence-electron chi connectivity index (χ0n) is 14.0. The highest BCUT2D eigenvalue weighted by molar-refractivity contribution is 7.91.